The zero-order valence-corrected chi connectivity index (χ0v) is 33.4. The minimum absolute atomic E-state index is 0.370. The van der Waals surface area contributed by atoms with Crippen molar-refractivity contribution in [1.29, 1.82) is 0 Å². The van der Waals surface area contributed by atoms with Crippen molar-refractivity contribution in [2.45, 2.75) is 113 Å². The summed E-state index contributed by atoms with van der Waals surface area (Å²) in [6.45, 7) is 27.4. The summed E-state index contributed by atoms with van der Waals surface area (Å²) in [5, 5.41) is 0. The predicted molar refractivity (Wildman–Crippen MR) is 196 cm³/mol. The van der Waals surface area contributed by atoms with Gasteiger partial charge in [-0.2, -0.15) is 0 Å². The van der Waals surface area contributed by atoms with E-state index in [9.17, 15) is 0 Å². The molecule has 7 heteroatoms. The van der Waals surface area contributed by atoms with E-state index in [1.165, 1.54) is 27.9 Å². The van der Waals surface area contributed by atoms with Gasteiger partial charge in [-0.05, 0) is 23.0 Å². The molecule has 0 bridgehead atoms. The van der Waals surface area contributed by atoms with E-state index >= 15 is 0 Å². The first-order chi connectivity index (χ1) is 20.1. The third kappa shape index (κ3) is 11.1. The molecule has 0 spiro atoms. The van der Waals surface area contributed by atoms with E-state index in [-0.39, 0.29) is 0 Å². The summed E-state index contributed by atoms with van der Waals surface area (Å²) in [4.78, 5) is 14.7. The van der Waals surface area contributed by atoms with Crippen molar-refractivity contribution in [3.63, 3.8) is 0 Å². The van der Waals surface area contributed by atoms with Crippen molar-refractivity contribution in [3.8, 4) is 0 Å². The molecule has 0 radical (unpaired) electrons. The molecule has 2 rings (SSSR count). The molecule has 234 valence electrons. The molecule has 0 aliphatic rings. The van der Waals surface area contributed by atoms with Gasteiger partial charge in [-0.1, -0.05) is 45.9 Å². The summed E-state index contributed by atoms with van der Waals surface area (Å²) in [5.74, 6) is 1.59. The second-order valence-corrected chi connectivity index (χ2v) is 22.9. The first kappa shape index (κ1) is 37.6. The quantitative estimate of drug-likeness (QED) is 0.141. The predicted octanol–water partition coefficient (Wildman–Crippen LogP) is 11.5. The summed E-state index contributed by atoms with van der Waals surface area (Å²) < 4.78 is 2.24. The smallest absolute Gasteiger partial charge is 0.0615 e. The van der Waals surface area contributed by atoms with Crippen LogP contribution >= 0.6 is 17.2 Å². The van der Waals surface area contributed by atoms with Crippen LogP contribution in [0.1, 0.15) is 135 Å². The van der Waals surface area contributed by atoms with Crippen LogP contribution in [-0.2, 0) is 0 Å². The van der Waals surface area contributed by atoms with Gasteiger partial charge in [0.2, 0.25) is 0 Å². The van der Waals surface area contributed by atoms with Crippen molar-refractivity contribution in [2.75, 3.05) is 16.0 Å². The van der Waals surface area contributed by atoms with Gasteiger partial charge in [-0.3, -0.25) is 0 Å². The number of para-hydroxylation sites is 2. The van der Waals surface area contributed by atoms with Crippen LogP contribution in [0.5, 0.6) is 0 Å². The standard InChI is InChI=1S/C36H53N4.2ClH.In/c1-23(2)31-15-13-16-32(24(3)4)35(31)39-29(11)21-27(9)37-19-20-38-28(10)22-30(12)40-36-33(25(5)6)17-14-18-34(36)26(7)8;;;/h13-18,21,23-26H,19-20,22H2,1-12H3;2*1H;/q-1;;;+3/p-2/b29-21-,37-27?,38-28?,40-30?;;;. The average Bonchev–Trinajstić information content (AvgIpc) is 2.90. The number of hydrogen-bond donors (Lipinski definition) is 0. The van der Waals surface area contributed by atoms with Gasteiger partial charge < -0.3 is 0 Å². The number of allylic oxidation sites excluding steroid dienone is 2. The van der Waals surface area contributed by atoms with Crippen molar-refractivity contribution >= 4 is 65.0 Å². The van der Waals surface area contributed by atoms with E-state index in [0.717, 1.165) is 34.9 Å². The van der Waals surface area contributed by atoms with Gasteiger partial charge in [0, 0.05) is 0 Å². The van der Waals surface area contributed by atoms with Crippen LogP contribution in [-0.4, -0.2) is 49.6 Å². The van der Waals surface area contributed by atoms with Crippen LogP contribution in [0.15, 0.2) is 63.1 Å². The van der Waals surface area contributed by atoms with E-state index in [2.05, 4.69) is 122 Å². The van der Waals surface area contributed by atoms with Crippen LogP contribution in [0, 0.1) is 0 Å². The molecule has 0 saturated carbocycles. The molecule has 2 aromatic carbocycles. The molecule has 43 heavy (non-hydrogen) atoms. The number of benzene rings is 2. The maximum atomic E-state index is 6.81. The molecule has 4 nitrogen and oxygen atoms in total. The number of hydrogen-bond acceptors (Lipinski definition) is 4. The minimum atomic E-state index is -3.04. The van der Waals surface area contributed by atoms with Crippen LogP contribution in [0.4, 0.5) is 11.4 Å². The van der Waals surface area contributed by atoms with Gasteiger partial charge in [-0.15, -0.1) is 0 Å². The second-order valence-electron chi connectivity index (χ2n) is 12.8. The third-order valence-corrected chi connectivity index (χ3v) is 13.2. The van der Waals surface area contributed by atoms with Crippen LogP contribution in [0.25, 0.3) is 0 Å². The molecular weight excluding hydrogens is 674 g/mol. The van der Waals surface area contributed by atoms with E-state index < -0.39 is 19.4 Å². The Labute approximate surface area is 277 Å². The Bertz CT molecular complexity index is 1280. The summed E-state index contributed by atoms with van der Waals surface area (Å²) in [6, 6.07) is 13.1. The van der Waals surface area contributed by atoms with Crippen LogP contribution in [0.3, 0.4) is 0 Å². The number of aliphatic imine (C=N–C) groups is 3. The summed E-state index contributed by atoms with van der Waals surface area (Å²) in [6.07, 6.45) is 2.87. The molecule has 2 aromatic rings. The van der Waals surface area contributed by atoms with Gasteiger partial charge in [0.05, 0.1) is 5.69 Å². The fraction of sp³-hybridized carbons (Fsp3) is 0.528. The molecule has 0 amide bonds. The molecule has 0 aliphatic heterocycles. The average molecular weight is 728 g/mol. The minimum Gasteiger partial charge on any atom is -0.0615 e. The van der Waals surface area contributed by atoms with Crippen molar-refractivity contribution < 1.29 is 0 Å². The second kappa shape index (κ2) is 17.8. The van der Waals surface area contributed by atoms with Gasteiger partial charge in [-0.25, -0.2) is 0 Å². The Morgan fingerprint density at radius 2 is 1.14 bits per heavy atom. The maximum absolute atomic E-state index is 6.81. The molecule has 0 saturated heterocycles. The Morgan fingerprint density at radius 1 is 0.698 bits per heavy atom. The van der Waals surface area contributed by atoms with Crippen molar-refractivity contribution in [1.82, 2.24) is 0 Å². The number of halogens is 2. The Kier molecular flexibility index (Phi) is 15.6. The topological polar surface area (TPSA) is 40.3 Å². The Morgan fingerprint density at radius 3 is 1.58 bits per heavy atom. The molecule has 0 aromatic heterocycles. The molecule has 0 heterocycles. The van der Waals surface area contributed by atoms with Crippen molar-refractivity contribution in [3.05, 3.63) is 70.4 Å². The molecule has 0 fully saturated rings. The zero-order valence-electron chi connectivity index (χ0n) is 28.6. The first-order valence-corrected chi connectivity index (χ1v) is 25.5. The monoisotopic (exact) mass is 726 g/mol. The first-order valence-electron chi connectivity index (χ1n) is 15.7. The molecule has 0 N–H and O–H groups in total. The SMILES string of the molecule is CC(/C=C(/C)[N](c1c(C(C)C)cccc1C(C)C)[In]([Cl])[Cl])=NCCN=C(C)CC(C)=Nc1c(C(C)C)cccc1C(C)C. The van der Waals surface area contributed by atoms with Gasteiger partial charge >= 0.3 is 205 Å². The summed E-state index contributed by atoms with van der Waals surface area (Å²) in [5.41, 5.74) is 11.7. The zero-order chi connectivity index (χ0) is 32.4. The number of rotatable bonds is 14. The van der Waals surface area contributed by atoms with E-state index in [0.29, 0.717) is 36.8 Å². The van der Waals surface area contributed by atoms with E-state index in [1.54, 1.807) is 0 Å². The molecule has 0 aliphatic carbocycles. The van der Waals surface area contributed by atoms with Crippen LogP contribution < -0.4 is 2.89 Å². The molecule has 0 unspecified atom stereocenters. The van der Waals surface area contributed by atoms with Crippen LogP contribution in [0.2, 0.25) is 0 Å². The summed E-state index contributed by atoms with van der Waals surface area (Å²) >= 11 is -3.04. The van der Waals surface area contributed by atoms with E-state index in [4.69, 9.17) is 32.1 Å². The number of nitrogens with zero attached hydrogens (tertiary/aromatic N) is 4. The van der Waals surface area contributed by atoms with Gasteiger partial charge in [0.25, 0.3) is 0 Å². The normalized spacial score (nSPS) is 13.6. The fourth-order valence-electron chi connectivity index (χ4n) is 5.40. The van der Waals surface area contributed by atoms with Gasteiger partial charge in [0.15, 0.2) is 0 Å². The summed E-state index contributed by atoms with van der Waals surface area (Å²) in [7, 11) is 13.6. The third-order valence-electron chi connectivity index (χ3n) is 7.58. The van der Waals surface area contributed by atoms with Crippen molar-refractivity contribution in [2.24, 2.45) is 15.0 Å². The van der Waals surface area contributed by atoms with E-state index in [1.807, 2.05) is 6.92 Å². The molecular formula is C36H53Cl2InN4. The van der Waals surface area contributed by atoms with Gasteiger partial charge in [0.1, 0.15) is 0 Å². The fourth-order valence-corrected chi connectivity index (χ4v) is 11.3. The Balaban J connectivity index is 2.19. The molecule has 0 atom stereocenters. The Hall–Kier alpha value is -1.56. The number of anilines is 1.